The van der Waals surface area contributed by atoms with E-state index in [0.29, 0.717) is 11.8 Å². The molecular formula is C26H33ClN2O4. The van der Waals surface area contributed by atoms with Gasteiger partial charge in [-0.1, -0.05) is 18.6 Å². The van der Waals surface area contributed by atoms with E-state index in [2.05, 4.69) is 24.0 Å². The zero-order valence-electron chi connectivity index (χ0n) is 19.3. The van der Waals surface area contributed by atoms with Crippen LogP contribution in [0.3, 0.4) is 0 Å². The summed E-state index contributed by atoms with van der Waals surface area (Å²) in [5, 5.41) is 0. The van der Waals surface area contributed by atoms with E-state index in [1.165, 1.54) is 18.4 Å². The molecule has 1 atom stereocenters. The van der Waals surface area contributed by atoms with E-state index in [9.17, 15) is 4.79 Å². The van der Waals surface area contributed by atoms with Gasteiger partial charge in [0.15, 0.2) is 11.5 Å². The molecule has 33 heavy (non-hydrogen) atoms. The first-order valence-electron chi connectivity index (χ1n) is 11.8. The lowest BCUT2D eigenvalue weighted by Crippen LogP contribution is -2.50. The van der Waals surface area contributed by atoms with Gasteiger partial charge in [-0.3, -0.25) is 9.69 Å². The fourth-order valence-corrected chi connectivity index (χ4v) is 5.07. The number of benzene rings is 2. The molecule has 1 amide bonds. The predicted octanol–water partition coefficient (Wildman–Crippen LogP) is 4.47. The molecule has 7 heteroatoms. The van der Waals surface area contributed by atoms with Crippen LogP contribution in [0.4, 0.5) is 0 Å². The molecular weight excluding hydrogens is 440 g/mol. The molecule has 178 valence electrons. The Labute approximate surface area is 202 Å². The molecule has 1 fully saturated rings. The van der Waals surface area contributed by atoms with Gasteiger partial charge in [-0.2, -0.15) is 0 Å². The third kappa shape index (κ3) is 5.39. The molecule has 3 aliphatic heterocycles. The number of amides is 1. The van der Waals surface area contributed by atoms with E-state index in [1.54, 1.807) is 0 Å². The second-order valence-corrected chi connectivity index (χ2v) is 9.07. The lowest BCUT2D eigenvalue weighted by Gasteiger charge is -2.40. The van der Waals surface area contributed by atoms with Crippen LogP contribution < -0.4 is 14.2 Å². The normalized spacial score (nSPS) is 19.7. The zero-order valence-corrected chi connectivity index (χ0v) is 20.1. The summed E-state index contributed by atoms with van der Waals surface area (Å²) < 4.78 is 16.9. The molecule has 1 saturated heterocycles. The predicted molar refractivity (Wildman–Crippen MR) is 130 cm³/mol. The highest BCUT2D eigenvalue weighted by molar-refractivity contribution is 5.97. The summed E-state index contributed by atoms with van der Waals surface area (Å²) in [5.41, 5.74) is 3.06. The smallest absolute Gasteiger partial charge is 0.254 e. The summed E-state index contributed by atoms with van der Waals surface area (Å²) in [6.45, 7) is 6.72. The van der Waals surface area contributed by atoms with Crippen molar-refractivity contribution in [2.24, 2.45) is 0 Å². The van der Waals surface area contributed by atoms with Crippen LogP contribution in [0.5, 0.6) is 17.2 Å². The number of carbonyl (C=O) groups is 1. The van der Waals surface area contributed by atoms with Crippen LogP contribution in [-0.2, 0) is 6.42 Å². The van der Waals surface area contributed by atoms with Crippen molar-refractivity contribution < 1.29 is 19.0 Å². The fourth-order valence-electron chi connectivity index (χ4n) is 5.07. The van der Waals surface area contributed by atoms with Gasteiger partial charge in [0, 0.05) is 31.2 Å². The van der Waals surface area contributed by atoms with Crippen molar-refractivity contribution >= 4 is 18.3 Å². The molecule has 2 aromatic rings. The molecule has 0 radical (unpaired) electrons. The van der Waals surface area contributed by atoms with Crippen molar-refractivity contribution in [2.75, 3.05) is 39.6 Å². The van der Waals surface area contributed by atoms with Crippen LogP contribution in [0, 0.1) is 6.92 Å². The van der Waals surface area contributed by atoms with Crippen LogP contribution in [0.15, 0.2) is 36.4 Å². The molecule has 0 N–H and O–H groups in total. The maximum atomic E-state index is 13.2. The SMILES string of the molecule is Cc1cccc(OCCCN2CCCCC2CN2CCc3cc4c(cc3C2=O)OCO4)c1.Cl. The summed E-state index contributed by atoms with van der Waals surface area (Å²) in [6.07, 6.45) is 5.48. The Hall–Kier alpha value is -2.44. The van der Waals surface area contributed by atoms with Gasteiger partial charge in [-0.25, -0.2) is 0 Å². The number of piperidine rings is 1. The third-order valence-corrected chi connectivity index (χ3v) is 6.80. The summed E-state index contributed by atoms with van der Waals surface area (Å²) in [7, 11) is 0. The van der Waals surface area contributed by atoms with Crippen LogP contribution in [-0.4, -0.2) is 61.3 Å². The van der Waals surface area contributed by atoms with E-state index in [0.717, 1.165) is 74.7 Å². The molecule has 0 saturated carbocycles. The summed E-state index contributed by atoms with van der Waals surface area (Å²) in [6, 6.07) is 12.5. The van der Waals surface area contributed by atoms with Gasteiger partial charge in [-0.15, -0.1) is 12.4 Å². The Morgan fingerprint density at radius 2 is 1.94 bits per heavy atom. The van der Waals surface area contributed by atoms with Gasteiger partial charge >= 0.3 is 0 Å². The number of fused-ring (bicyclic) bond motifs is 2. The highest BCUT2D eigenvalue weighted by atomic mass is 35.5. The average Bonchev–Trinajstić information content (AvgIpc) is 3.26. The highest BCUT2D eigenvalue weighted by Crippen LogP contribution is 2.37. The van der Waals surface area contributed by atoms with Crippen LogP contribution in [0.25, 0.3) is 0 Å². The monoisotopic (exact) mass is 472 g/mol. The number of hydrogen-bond acceptors (Lipinski definition) is 5. The van der Waals surface area contributed by atoms with Crippen molar-refractivity contribution in [3.63, 3.8) is 0 Å². The Morgan fingerprint density at radius 1 is 1.09 bits per heavy atom. The first-order valence-corrected chi connectivity index (χ1v) is 11.8. The van der Waals surface area contributed by atoms with Gasteiger partial charge in [-0.05, 0) is 74.5 Å². The number of rotatable bonds is 7. The van der Waals surface area contributed by atoms with Gasteiger partial charge in [0.25, 0.3) is 5.91 Å². The number of ether oxygens (including phenoxy) is 3. The van der Waals surface area contributed by atoms with Gasteiger partial charge in [0.05, 0.1) is 6.61 Å². The molecule has 5 rings (SSSR count). The van der Waals surface area contributed by atoms with Crippen LogP contribution >= 0.6 is 12.4 Å². The van der Waals surface area contributed by atoms with E-state index in [-0.39, 0.29) is 25.1 Å². The van der Waals surface area contributed by atoms with E-state index < -0.39 is 0 Å². The lowest BCUT2D eigenvalue weighted by atomic mass is 9.96. The minimum absolute atomic E-state index is 0. The number of likely N-dealkylation sites (tertiary alicyclic amines) is 1. The maximum Gasteiger partial charge on any atom is 0.254 e. The van der Waals surface area contributed by atoms with Crippen molar-refractivity contribution in [1.29, 1.82) is 0 Å². The van der Waals surface area contributed by atoms with Crippen molar-refractivity contribution in [3.8, 4) is 17.2 Å². The Bertz CT molecular complexity index is 983. The molecule has 0 aliphatic carbocycles. The van der Waals surface area contributed by atoms with Gasteiger partial charge < -0.3 is 19.1 Å². The number of aryl methyl sites for hydroxylation is 1. The standard InChI is InChI=1S/C26H32N2O4.ClH/c1-19-6-4-8-22(14-19)30-13-5-11-27-10-3-2-7-21(27)17-28-12-9-20-15-24-25(32-18-31-24)16-23(20)26(28)29;/h4,6,8,14-16,21H,2-3,5,7,9-13,17-18H2,1H3;1H. The quantitative estimate of drug-likeness (QED) is 0.556. The Morgan fingerprint density at radius 3 is 2.79 bits per heavy atom. The minimum Gasteiger partial charge on any atom is -0.494 e. The minimum atomic E-state index is 0. The molecule has 3 heterocycles. The molecule has 6 nitrogen and oxygen atoms in total. The Kier molecular flexibility index (Phi) is 7.66. The highest BCUT2D eigenvalue weighted by Gasteiger charge is 2.31. The number of halogens is 1. The van der Waals surface area contributed by atoms with Crippen LogP contribution in [0.1, 0.15) is 47.2 Å². The average molecular weight is 473 g/mol. The van der Waals surface area contributed by atoms with Crippen LogP contribution in [0.2, 0.25) is 0 Å². The Balaban J connectivity index is 0.00000259. The molecule has 1 unspecified atom stereocenters. The maximum absolute atomic E-state index is 13.2. The zero-order chi connectivity index (χ0) is 21.9. The van der Waals surface area contributed by atoms with Crippen molar-refractivity contribution in [3.05, 3.63) is 53.1 Å². The molecule has 2 aromatic carbocycles. The molecule has 0 bridgehead atoms. The molecule has 3 aliphatic rings. The summed E-state index contributed by atoms with van der Waals surface area (Å²) >= 11 is 0. The fraction of sp³-hybridized carbons (Fsp3) is 0.500. The van der Waals surface area contributed by atoms with Gasteiger partial charge in [0.1, 0.15) is 5.75 Å². The summed E-state index contributed by atoms with van der Waals surface area (Å²) in [5.74, 6) is 2.51. The van der Waals surface area contributed by atoms with Crippen molar-refractivity contribution in [1.82, 2.24) is 9.80 Å². The molecule has 0 spiro atoms. The third-order valence-electron chi connectivity index (χ3n) is 6.80. The first-order chi connectivity index (χ1) is 15.7. The number of carbonyl (C=O) groups excluding carboxylic acids is 1. The number of hydrogen-bond donors (Lipinski definition) is 0. The van der Waals surface area contributed by atoms with Gasteiger partial charge in [0.2, 0.25) is 6.79 Å². The van der Waals surface area contributed by atoms with Crippen molar-refractivity contribution in [2.45, 2.75) is 45.1 Å². The van der Waals surface area contributed by atoms with E-state index in [1.807, 2.05) is 29.2 Å². The van der Waals surface area contributed by atoms with E-state index >= 15 is 0 Å². The first kappa shape index (κ1) is 23.7. The number of nitrogens with zero attached hydrogens (tertiary/aromatic N) is 2. The topological polar surface area (TPSA) is 51.2 Å². The summed E-state index contributed by atoms with van der Waals surface area (Å²) in [4.78, 5) is 17.8. The molecule has 0 aromatic heterocycles. The largest absolute Gasteiger partial charge is 0.494 e. The lowest BCUT2D eigenvalue weighted by molar-refractivity contribution is 0.0600. The van der Waals surface area contributed by atoms with E-state index in [4.69, 9.17) is 14.2 Å². The second-order valence-electron chi connectivity index (χ2n) is 9.07. The second kappa shape index (κ2) is 10.7.